The minimum atomic E-state index is -5.25. The highest BCUT2D eigenvalue weighted by atomic mass is 32.1. The second-order valence-corrected chi connectivity index (χ2v) is 9.00. The van der Waals surface area contributed by atoms with E-state index in [1.807, 2.05) is 4.90 Å². The smallest absolute Gasteiger partial charge is 0.386 e. The molecular weight excluding hydrogens is 464 g/mol. The first kappa shape index (κ1) is 23.8. The Morgan fingerprint density at radius 1 is 1.27 bits per heavy atom. The van der Waals surface area contributed by atoms with Crippen LogP contribution in [0.3, 0.4) is 0 Å². The molecular formula is C22H22F4N2O4S. The minimum absolute atomic E-state index is 0.0552. The van der Waals surface area contributed by atoms with Gasteiger partial charge < -0.3 is 14.4 Å². The zero-order chi connectivity index (χ0) is 23.6. The fourth-order valence-electron chi connectivity index (χ4n) is 4.49. The fourth-order valence-corrected chi connectivity index (χ4v) is 5.06. The van der Waals surface area contributed by atoms with Crippen molar-refractivity contribution in [1.82, 2.24) is 9.88 Å². The Morgan fingerprint density at radius 3 is 2.70 bits per heavy atom. The Balaban J connectivity index is 1.45. The third kappa shape index (κ3) is 5.42. The lowest BCUT2D eigenvalue weighted by Crippen LogP contribution is -2.48. The molecule has 0 N–H and O–H groups in total. The van der Waals surface area contributed by atoms with E-state index in [2.05, 4.69) is 9.72 Å². The number of aromatic nitrogens is 1. The Labute approximate surface area is 191 Å². The normalized spacial score (nSPS) is 19.2. The molecule has 1 fully saturated rings. The van der Waals surface area contributed by atoms with Gasteiger partial charge >= 0.3 is 18.1 Å². The van der Waals surface area contributed by atoms with Crippen molar-refractivity contribution in [2.75, 3.05) is 26.2 Å². The summed E-state index contributed by atoms with van der Waals surface area (Å²) in [4.78, 5) is 29.6. The van der Waals surface area contributed by atoms with E-state index in [1.165, 1.54) is 23.5 Å². The monoisotopic (exact) mass is 486 g/mol. The summed E-state index contributed by atoms with van der Waals surface area (Å²) < 4.78 is 61.8. The summed E-state index contributed by atoms with van der Waals surface area (Å²) >= 11 is 1.30. The maximum Gasteiger partial charge on any atom is 0.491 e. The van der Waals surface area contributed by atoms with Gasteiger partial charge in [0, 0.05) is 31.4 Å². The van der Waals surface area contributed by atoms with Crippen LogP contribution in [0.5, 0.6) is 0 Å². The van der Waals surface area contributed by atoms with Gasteiger partial charge in [-0.15, -0.1) is 11.3 Å². The summed E-state index contributed by atoms with van der Waals surface area (Å²) in [6, 6.07) is 4.72. The molecule has 3 heterocycles. The number of alkyl halides is 3. The molecule has 0 bridgehead atoms. The SMILES string of the molecule is O=C(OC(=O)C(F)(F)F)C(Cc1cscn1)CN1CCC2(CC1)OCCc1ccc(F)cc12. The van der Waals surface area contributed by atoms with Crippen LogP contribution < -0.4 is 0 Å². The highest BCUT2D eigenvalue weighted by molar-refractivity contribution is 7.07. The van der Waals surface area contributed by atoms with E-state index in [9.17, 15) is 27.2 Å². The van der Waals surface area contributed by atoms with E-state index in [0.29, 0.717) is 44.7 Å². The number of halogens is 4. The number of hydrogen-bond acceptors (Lipinski definition) is 7. The van der Waals surface area contributed by atoms with Gasteiger partial charge in [-0.25, -0.2) is 14.2 Å². The third-order valence-corrected chi connectivity index (χ3v) is 6.79. The molecule has 0 aliphatic carbocycles. The van der Waals surface area contributed by atoms with E-state index < -0.39 is 29.6 Å². The van der Waals surface area contributed by atoms with Crippen molar-refractivity contribution in [3.8, 4) is 0 Å². The Kier molecular flexibility index (Phi) is 6.83. The summed E-state index contributed by atoms with van der Waals surface area (Å²) in [6.45, 7) is 1.61. The standard InChI is InChI=1S/C22H22F4N2O4S/c23-16-2-1-14-3-8-31-21(18(14)10-16)4-6-28(7-5-21)11-15(9-17-12-33-13-27-17)19(29)32-20(30)22(24,25)26/h1-2,10,12-13,15H,3-9,11H2. The molecule has 1 unspecified atom stereocenters. The quantitative estimate of drug-likeness (QED) is 0.365. The van der Waals surface area contributed by atoms with Crippen molar-refractivity contribution in [2.24, 2.45) is 5.92 Å². The Morgan fingerprint density at radius 2 is 2.03 bits per heavy atom. The number of likely N-dealkylation sites (tertiary alicyclic amines) is 1. The second-order valence-electron chi connectivity index (χ2n) is 8.28. The van der Waals surface area contributed by atoms with E-state index in [1.54, 1.807) is 17.0 Å². The lowest BCUT2D eigenvalue weighted by Gasteiger charge is -2.45. The lowest BCUT2D eigenvalue weighted by atomic mass is 9.79. The molecule has 1 spiro atoms. The van der Waals surface area contributed by atoms with Gasteiger partial charge in [0.1, 0.15) is 5.82 Å². The highest BCUT2D eigenvalue weighted by Gasteiger charge is 2.44. The van der Waals surface area contributed by atoms with Crippen LogP contribution in [0.25, 0.3) is 0 Å². The fraction of sp³-hybridized carbons (Fsp3) is 0.500. The van der Waals surface area contributed by atoms with E-state index in [0.717, 1.165) is 11.1 Å². The van der Waals surface area contributed by atoms with E-state index in [-0.39, 0.29) is 18.8 Å². The summed E-state index contributed by atoms with van der Waals surface area (Å²) in [5.74, 6) is -5.08. The van der Waals surface area contributed by atoms with Crippen molar-refractivity contribution in [1.29, 1.82) is 0 Å². The van der Waals surface area contributed by atoms with E-state index in [4.69, 9.17) is 4.74 Å². The number of carbonyl (C=O) groups is 2. The predicted molar refractivity (Wildman–Crippen MR) is 110 cm³/mol. The minimum Gasteiger partial charge on any atom is -0.386 e. The van der Waals surface area contributed by atoms with Crippen LogP contribution in [0.15, 0.2) is 29.1 Å². The first-order valence-corrected chi connectivity index (χ1v) is 11.5. The molecule has 0 radical (unpaired) electrons. The summed E-state index contributed by atoms with van der Waals surface area (Å²) in [6.07, 6.45) is -3.40. The molecule has 1 atom stereocenters. The second kappa shape index (κ2) is 9.47. The molecule has 33 heavy (non-hydrogen) atoms. The van der Waals surface area contributed by atoms with Gasteiger partial charge in [0.15, 0.2) is 0 Å². The van der Waals surface area contributed by atoms with Gasteiger partial charge in [0.2, 0.25) is 0 Å². The van der Waals surface area contributed by atoms with E-state index >= 15 is 0 Å². The zero-order valence-corrected chi connectivity index (χ0v) is 18.4. The predicted octanol–water partition coefficient (Wildman–Crippen LogP) is 3.64. The van der Waals surface area contributed by atoms with Crippen LogP contribution in [-0.2, 0) is 37.5 Å². The molecule has 0 saturated carbocycles. The molecule has 178 valence electrons. The van der Waals surface area contributed by atoms with Gasteiger partial charge in [-0.2, -0.15) is 13.2 Å². The topological polar surface area (TPSA) is 68.7 Å². The summed E-state index contributed by atoms with van der Waals surface area (Å²) in [5.41, 5.74) is 3.35. The number of carbonyl (C=O) groups excluding carboxylic acids is 2. The average molecular weight is 486 g/mol. The summed E-state index contributed by atoms with van der Waals surface area (Å²) in [7, 11) is 0. The number of piperidine rings is 1. The van der Waals surface area contributed by atoms with Crippen LogP contribution in [-0.4, -0.2) is 54.2 Å². The number of nitrogens with zero attached hydrogens (tertiary/aromatic N) is 2. The van der Waals surface area contributed by atoms with Gasteiger partial charge in [-0.05, 0) is 42.5 Å². The van der Waals surface area contributed by atoms with Crippen LogP contribution in [0.2, 0.25) is 0 Å². The molecule has 11 heteroatoms. The number of esters is 2. The van der Waals surface area contributed by atoms with Crippen molar-refractivity contribution in [3.05, 3.63) is 51.7 Å². The van der Waals surface area contributed by atoms with Gasteiger partial charge in [-0.3, -0.25) is 4.79 Å². The number of hydrogen-bond donors (Lipinski definition) is 0. The molecule has 1 aromatic carbocycles. The molecule has 6 nitrogen and oxygen atoms in total. The molecule has 1 aromatic heterocycles. The number of thiazole rings is 1. The number of ether oxygens (including phenoxy) is 2. The number of rotatable bonds is 5. The van der Waals surface area contributed by atoms with Crippen molar-refractivity contribution in [2.45, 2.75) is 37.5 Å². The first-order valence-electron chi connectivity index (χ1n) is 10.5. The number of fused-ring (bicyclic) bond motifs is 2. The highest BCUT2D eigenvalue weighted by Crippen LogP contribution is 2.42. The van der Waals surface area contributed by atoms with Crippen LogP contribution in [0.4, 0.5) is 17.6 Å². The molecule has 4 rings (SSSR count). The Bertz CT molecular complexity index is 1000. The molecule has 2 aliphatic heterocycles. The lowest BCUT2D eigenvalue weighted by molar-refractivity contribution is -0.203. The maximum absolute atomic E-state index is 13.9. The van der Waals surface area contributed by atoms with Gasteiger partial charge in [0.25, 0.3) is 0 Å². The van der Waals surface area contributed by atoms with Gasteiger partial charge in [-0.1, -0.05) is 6.07 Å². The molecule has 0 amide bonds. The largest absolute Gasteiger partial charge is 0.491 e. The van der Waals surface area contributed by atoms with Crippen molar-refractivity contribution < 1.29 is 36.6 Å². The average Bonchev–Trinajstić information content (AvgIpc) is 3.28. The van der Waals surface area contributed by atoms with Crippen LogP contribution in [0, 0.1) is 11.7 Å². The van der Waals surface area contributed by atoms with Crippen LogP contribution >= 0.6 is 11.3 Å². The van der Waals surface area contributed by atoms with Gasteiger partial charge in [0.05, 0.1) is 29.3 Å². The zero-order valence-electron chi connectivity index (χ0n) is 17.6. The van der Waals surface area contributed by atoms with Crippen LogP contribution in [0.1, 0.15) is 29.7 Å². The molecule has 2 aliphatic rings. The van der Waals surface area contributed by atoms with Crippen molar-refractivity contribution in [3.63, 3.8) is 0 Å². The third-order valence-electron chi connectivity index (χ3n) is 6.15. The maximum atomic E-state index is 13.9. The first-order chi connectivity index (χ1) is 15.7. The molecule has 2 aromatic rings. The molecule has 1 saturated heterocycles. The summed E-state index contributed by atoms with van der Waals surface area (Å²) in [5, 5.41) is 1.69. The number of benzene rings is 1. The van der Waals surface area contributed by atoms with Crippen molar-refractivity contribution >= 4 is 23.3 Å². The Hall–Kier alpha value is -2.37.